The third kappa shape index (κ3) is 4.07. The average Bonchev–Trinajstić information content (AvgIpc) is 2.04. The molecule has 2 atom stereocenters. The monoisotopic (exact) mass is 187 g/mol. The van der Waals surface area contributed by atoms with Crippen LogP contribution in [0.15, 0.2) is 0 Å². The number of rotatable bonds is 4. The van der Waals surface area contributed by atoms with Crippen molar-refractivity contribution in [2.45, 2.75) is 38.9 Å². The zero-order valence-corrected chi connectivity index (χ0v) is 8.70. The second-order valence-corrected chi connectivity index (χ2v) is 3.83. The number of hydrogen-bond donors (Lipinski definition) is 1. The molecule has 1 fully saturated rings. The van der Waals surface area contributed by atoms with E-state index < -0.39 is 0 Å². The molecular formula is C10H21NO2. The molecule has 1 aliphatic rings. The second-order valence-electron chi connectivity index (χ2n) is 3.83. The molecule has 0 aliphatic carbocycles. The minimum Gasteiger partial charge on any atom is -0.392 e. The maximum Gasteiger partial charge on any atom is 0.0702 e. The van der Waals surface area contributed by atoms with Gasteiger partial charge in [0.05, 0.1) is 12.2 Å². The SMILES string of the molecule is CCOC1CCCN(C[C@@H](C)O)C1. The Bertz CT molecular complexity index is 137. The standard InChI is InChI=1S/C10H21NO2/c1-3-13-10-5-4-6-11(8-10)7-9(2)12/h9-10,12H,3-8H2,1-2H3/t9-,10?/m1/s1. The molecule has 13 heavy (non-hydrogen) atoms. The Balaban J connectivity index is 2.24. The fourth-order valence-electron chi connectivity index (χ4n) is 1.92. The summed E-state index contributed by atoms with van der Waals surface area (Å²) in [6.45, 7) is 7.54. The Labute approximate surface area is 80.7 Å². The van der Waals surface area contributed by atoms with E-state index in [1.165, 1.54) is 12.8 Å². The van der Waals surface area contributed by atoms with E-state index in [0.717, 1.165) is 26.2 Å². The van der Waals surface area contributed by atoms with Crippen LogP contribution >= 0.6 is 0 Å². The van der Waals surface area contributed by atoms with E-state index in [1.54, 1.807) is 0 Å². The quantitative estimate of drug-likeness (QED) is 0.709. The molecule has 78 valence electrons. The summed E-state index contributed by atoms with van der Waals surface area (Å²) in [6, 6.07) is 0. The Morgan fingerprint density at radius 2 is 2.38 bits per heavy atom. The fraction of sp³-hybridized carbons (Fsp3) is 1.00. The van der Waals surface area contributed by atoms with Crippen molar-refractivity contribution in [3.8, 4) is 0 Å². The van der Waals surface area contributed by atoms with Crippen LogP contribution in [0.25, 0.3) is 0 Å². The number of ether oxygens (including phenoxy) is 1. The maximum atomic E-state index is 9.24. The topological polar surface area (TPSA) is 32.7 Å². The fourth-order valence-corrected chi connectivity index (χ4v) is 1.92. The third-order valence-corrected chi connectivity index (χ3v) is 2.39. The summed E-state index contributed by atoms with van der Waals surface area (Å²) in [5.74, 6) is 0. The van der Waals surface area contributed by atoms with Crippen LogP contribution in [-0.4, -0.2) is 48.5 Å². The first kappa shape index (κ1) is 11.0. The summed E-state index contributed by atoms with van der Waals surface area (Å²) in [5.41, 5.74) is 0. The average molecular weight is 187 g/mol. The highest BCUT2D eigenvalue weighted by Crippen LogP contribution is 2.13. The van der Waals surface area contributed by atoms with E-state index in [4.69, 9.17) is 4.74 Å². The minimum absolute atomic E-state index is 0.222. The predicted octanol–water partition coefficient (Wildman–Crippen LogP) is 0.868. The van der Waals surface area contributed by atoms with Crippen LogP contribution in [0.5, 0.6) is 0 Å². The number of likely N-dealkylation sites (tertiary alicyclic amines) is 1. The highest BCUT2D eigenvalue weighted by molar-refractivity contribution is 4.74. The Kier molecular flexibility index (Phi) is 4.70. The summed E-state index contributed by atoms with van der Waals surface area (Å²) in [5, 5.41) is 9.24. The Morgan fingerprint density at radius 1 is 1.62 bits per heavy atom. The predicted molar refractivity (Wildman–Crippen MR) is 52.8 cm³/mol. The lowest BCUT2D eigenvalue weighted by Gasteiger charge is -2.33. The van der Waals surface area contributed by atoms with Gasteiger partial charge in [0.15, 0.2) is 0 Å². The second kappa shape index (κ2) is 5.58. The van der Waals surface area contributed by atoms with Gasteiger partial charge in [-0.3, -0.25) is 4.90 Å². The van der Waals surface area contributed by atoms with Gasteiger partial charge in [-0.15, -0.1) is 0 Å². The smallest absolute Gasteiger partial charge is 0.0702 e. The highest BCUT2D eigenvalue weighted by Gasteiger charge is 2.20. The molecule has 0 radical (unpaired) electrons. The molecule has 3 heteroatoms. The summed E-state index contributed by atoms with van der Waals surface area (Å²) in [6.07, 6.45) is 2.53. The van der Waals surface area contributed by atoms with Gasteiger partial charge < -0.3 is 9.84 Å². The molecule has 1 rings (SSSR count). The van der Waals surface area contributed by atoms with E-state index in [9.17, 15) is 5.11 Å². The Morgan fingerprint density at radius 3 is 3.00 bits per heavy atom. The van der Waals surface area contributed by atoms with Crippen molar-refractivity contribution >= 4 is 0 Å². The molecule has 0 saturated carbocycles. The van der Waals surface area contributed by atoms with E-state index >= 15 is 0 Å². The first-order valence-corrected chi connectivity index (χ1v) is 5.24. The zero-order valence-electron chi connectivity index (χ0n) is 8.70. The largest absolute Gasteiger partial charge is 0.392 e. The number of aliphatic hydroxyl groups is 1. The van der Waals surface area contributed by atoms with Crippen LogP contribution in [-0.2, 0) is 4.74 Å². The van der Waals surface area contributed by atoms with E-state index in [1.807, 2.05) is 13.8 Å². The van der Waals surface area contributed by atoms with Crippen molar-refractivity contribution in [1.82, 2.24) is 4.90 Å². The highest BCUT2D eigenvalue weighted by atomic mass is 16.5. The van der Waals surface area contributed by atoms with Crippen molar-refractivity contribution in [1.29, 1.82) is 0 Å². The van der Waals surface area contributed by atoms with Crippen LogP contribution in [0.3, 0.4) is 0 Å². The molecule has 0 spiro atoms. The third-order valence-electron chi connectivity index (χ3n) is 2.39. The van der Waals surface area contributed by atoms with E-state index in [0.29, 0.717) is 6.10 Å². The van der Waals surface area contributed by atoms with Crippen molar-refractivity contribution in [3.05, 3.63) is 0 Å². The van der Waals surface area contributed by atoms with Gasteiger partial charge in [-0.1, -0.05) is 0 Å². The minimum atomic E-state index is -0.222. The van der Waals surface area contributed by atoms with Crippen molar-refractivity contribution < 1.29 is 9.84 Å². The van der Waals surface area contributed by atoms with Crippen LogP contribution in [0.1, 0.15) is 26.7 Å². The zero-order chi connectivity index (χ0) is 9.68. The number of hydrogen-bond acceptors (Lipinski definition) is 3. The molecule has 0 aromatic rings. The molecule has 0 aromatic heterocycles. The van der Waals surface area contributed by atoms with Gasteiger partial charge in [-0.05, 0) is 33.2 Å². The lowest BCUT2D eigenvalue weighted by Crippen LogP contribution is -2.42. The number of piperidine rings is 1. The van der Waals surface area contributed by atoms with Crippen LogP contribution in [0.2, 0.25) is 0 Å². The summed E-state index contributed by atoms with van der Waals surface area (Å²) < 4.78 is 5.57. The van der Waals surface area contributed by atoms with Crippen molar-refractivity contribution in [3.63, 3.8) is 0 Å². The van der Waals surface area contributed by atoms with Crippen LogP contribution in [0.4, 0.5) is 0 Å². The summed E-state index contributed by atoms with van der Waals surface area (Å²) in [7, 11) is 0. The number of β-amino-alcohol motifs (C(OH)–C–C–N with tert-alkyl or cyclic N) is 1. The van der Waals surface area contributed by atoms with Gasteiger partial charge in [0.1, 0.15) is 0 Å². The number of aliphatic hydroxyl groups excluding tert-OH is 1. The number of nitrogens with zero attached hydrogens (tertiary/aromatic N) is 1. The van der Waals surface area contributed by atoms with Crippen LogP contribution < -0.4 is 0 Å². The summed E-state index contributed by atoms with van der Waals surface area (Å²) >= 11 is 0. The van der Waals surface area contributed by atoms with E-state index in [2.05, 4.69) is 4.90 Å². The molecule has 1 aliphatic heterocycles. The van der Waals surface area contributed by atoms with Gasteiger partial charge >= 0.3 is 0 Å². The molecule has 0 amide bonds. The van der Waals surface area contributed by atoms with Crippen molar-refractivity contribution in [2.75, 3.05) is 26.2 Å². The molecule has 1 heterocycles. The van der Waals surface area contributed by atoms with E-state index in [-0.39, 0.29) is 6.10 Å². The first-order chi connectivity index (χ1) is 6.22. The van der Waals surface area contributed by atoms with Gasteiger partial charge in [0.25, 0.3) is 0 Å². The molecule has 0 aromatic carbocycles. The molecule has 0 bridgehead atoms. The Hall–Kier alpha value is -0.120. The summed E-state index contributed by atoms with van der Waals surface area (Å²) in [4.78, 5) is 2.29. The lowest BCUT2D eigenvalue weighted by molar-refractivity contribution is -0.00484. The van der Waals surface area contributed by atoms with Gasteiger partial charge in [-0.25, -0.2) is 0 Å². The van der Waals surface area contributed by atoms with Gasteiger partial charge in [-0.2, -0.15) is 0 Å². The molecular weight excluding hydrogens is 166 g/mol. The lowest BCUT2D eigenvalue weighted by atomic mass is 10.1. The molecule has 1 saturated heterocycles. The molecule has 3 nitrogen and oxygen atoms in total. The molecule has 1 N–H and O–H groups in total. The normalized spacial score (nSPS) is 27.5. The van der Waals surface area contributed by atoms with Crippen molar-refractivity contribution in [2.24, 2.45) is 0 Å². The molecule has 1 unspecified atom stereocenters. The van der Waals surface area contributed by atoms with Crippen LogP contribution in [0, 0.1) is 0 Å². The van der Waals surface area contributed by atoms with Gasteiger partial charge in [0, 0.05) is 19.7 Å². The van der Waals surface area contributed by atoms with Gasteiger partial charge in [0.2, 0.25) is 0 Å². The maximum absolute atomic E-state index is 9.24. The first-order valence-electron chi connectivity index (χ1n) is 5.24.